The van der Waals surface area contributed by atoms with Gasteiger partial charge < -0.3 is 4.98 Å². The summed E-state index contributed by atoms with van der Waals surface area (Å²) in [6.45, 7) is 6.18. The molecule has 1 aromatic heterocycles. The molecule has 0 amide bonds. The Hall–Kier alpha value is -1.90. The van der Waals surface area contributed by atoms with Gasteiger partial charge in [0, 0.05) is 28.9 Å². The van der Waals surface area contributed by atoms with Crippen LogP contribution in [0.3, 0.4) is 0 Å². The average molecular weight is 225 g/mol. The zero-order valence-electron chi connectivity index (χ0n) is 10.3. The van der Waals surface area contributed by atoms with Crippen LogP contribution in [0.15, 0.2) is 28.2 Å². The maximum absolute atomic E-state index is 4.70. The lowest BCUT2D eigenvalue weighted by atomic mass is 10.2. The third kappa shape index (κ3) is 1.68. The molecule has 0 unspecified atom stereocenters. The van der Waals surface area contributed by atoms with E-state index in [1.54, 1.807) is 0 Å². The van der Waals surface area contributed by atoms with E-state index in [9.17, 15) is 0 Å². The number of nitrogens with zero attached hydrogens (tertiary/aromatic N) is 2. The highest BCUT2D eigenvalue weighted by atomic mass is 14.9. The van der Waals surface area contributed by atoms with E-state index < -0.39 is 0 Å². The number of rotatable bonds is 0. The zero-order valence-corrected chi connectivity index (χ0v) is 10.3. The van der Waals surface area contributed by atoms with Gasteiger partial charge in [0.2, 0.25) is 0 Å². The third-order valence-corrected chi connectivity index (χ3v) is 3.01. The predicted molar refractivity (Wildman–Crippen MR) is 73.2 cm³/mol. The van der Waals surface area contributed by atoms with Crippen molar-refractivity contribution >= 4 is 33.7 Å². The van der Waals surface area contributed by atoms with Crippen molar-refractivity contribution in [2.24, 2.45) is 9.98 Å². The van der Waals surface area contributed by atoms with Gasteiger partial charge in [-0.25, -0.2) is 0 Å². The summed E-state index contributed by atoms with van der Waals surface area (Å²) in [5.74, 6) is 0. The normalized spacial score (nSPS) is 15.2. The third-order valence-electron chi connectivity index (χ3n) is 3.01. The van der Waals surface area contributed by atoms with Gasteiger partial charge in [-0.3, -0.25) is 9.98 Å². The molecule has 86 valence electrons. The molecule has 0 bridgehead atoms. The van der Waals surface area contributed by atoms with E-state index in [-0.39, 0.29) is 0 Å². The molecule has 3 rings (SSSR count). The largest absolute Gasteiger partial charge is 0.357 e. The topological polar surface area (TPSA) is 40.5 Å². The van der Waals surface area contributed by atoms with E-state index in [0.717, 1.165) is 40.4 Å². The Kier molecular flexibility index (Phi) is 2.15. The summed E-state index contributed by atoms with van der Waals surface area (Å²) in [6.07, 6.45) is 0.857. The highest BCUT2D eigenvalue weighted by Gasteiger charge is 2.12. The Morgan fingerprint density at radius 3 is 2.65 bits per heavy atom. The number of aliphatic imine (C=N–C) groups is 2. The van der Waals surface area contributed by atoms with Crippen molar-refractivity contribution in [2.75, 3.05) is 0 Å². The summed E-state index contributed by atoms with van der Waals surface area (Å²) in [5.41, 5.74) is 6.43. The molecule has 0 spiro atoms. The monoisotopic (exact) mass is 225 g/mol. The smallest absolute Gasteiger partial charge is 0.113 e. The quantitative estimate of drug-likeness (QED) is 0.702. The Labute approximate surface area is 100 Å². The number of nitrogens with one attached hydrogen (secondary N) is 1. The number of aryl methyl sites for hydroxylation is 1. The summed E-state index contributed by atoms with van der Waals surface area (Å²) < 4.78 is 0. The highest BCUT2D eigenvalue weighted by molar-refractivity contribution is 6.09. The number of aromatic amines is 1. The van der Waals surface area contributed by atoms with Gasteiger partial charge in [-0.05, 0) is 32.9 Å². The van der Waals surface area contributed by atoms with Crippen LogP contribution in [0.4, 0.5) is 11.4 Å². The number of hydrogen-bond donors (Lipinski definition) is 1. The second-order valence-electron chi connectivity index (χ2n) is 4.72. The molecule has 17 heavy (non-hydrogen) atoms. The molecule has 0 aliphatic carbocycles. The van der Waals surface area contributed by atoms with Crippen molar-refractivity contribution in [3.63, 3.8) is 0 Å². The van der Waals surface area contributed by atoms with Gasteiger partial charge in [0.1, 0.15) is 5.69 Å². The molecule has 0 saturated heterocycles. The zero-order chi connectivity index (χ0) is 12.0. The fourth-order valence-corrected chi connectivity index (χ4v) is 2.36. The molecule has 2 aromatic rings. The minimum Gasteiger partial charge on any atom is -0.357 e. The SMILES string of the molecule is CC1=Nc2ccc3cc(C)[nH]c3c2N=C(C)C1. The fraction of sp³-hybridized carbons (Fsp3) is 0.286. The predicted octanol–water partition coefficient (Wildman–Crippen LogP) is 4.06. The second kappa shape index (κ2) is 3.55. The summed E-state index contributed by atoms with van der Waals surface area (Å²) in [6, 6.07) is 6.29. The maximum atomic E-state index is 4.70. The lowest BCUT2D eigenvalue weighted by Gasteiger charge is -2.01. The second-order valence-corrected chi connectivity index (χ2v) is 4.72. The summed E-state index contributed by atoms with van der Waals surface area (Å²) >= 11 is 0. The molecule has 0 atom stereocenters. The van der Waals surface area contributed by atoms with E-state index in [0.29, 0.717) is 0 Å². The van der Waals surface area contributed by atoms with Crippen LogP contribution in [0.25, 0.3) is 10.9 Å². The van der Waals surface area contributed by atoms with Crippen molar-refractivity contribution in [3.05, 3.63) is 23.9 Å². The lowest BCUT2D eigenvalue weighted by Crippen LogP contribution is -1.97. The minimum absolute atomic E-state index is 0.857. The Bertz CT molecular complexity index is 659. The first kappa shape index (κ1) is 10.3. The standard InChI is InChI=1S/C14H15N3/c1-8-6-9(2)17-14-12(15-8)5-4-11-7-10(3)16-13(11)14/h4-5,7,16H,6H2,1-3H3. The van der Waals surface area contributed by atoms with E-state index in [2.05, 4.69) is 48.9 Å². The molecule has 1 aliphatic rings. The Morgan fingerprint density at radius 2 is 1.82 bits per heavy atom. The van der Waals surface area contributed by atoms with Crippen LogP contribution in [0.5, 0.6) is 0 Å². The van der Waals surface area contributed by atoms with Gasteiger partial charge in [0.25, 0.3) is 0 Å². The van der Waals surface area contributed by atoms with Crippen LogP contribution in [0, 0.1) is 6.92 Å². The van der Waals surface area contributed by atoms with Gasteiger partial charge in [0.05, 0.1) is 11.2 Å². The summed E-state index contributed by atoms with van der Waals surface area (Å²) in [7, 11) is 0. The Morgan fingerprint density at radius 1 is 1.06 bits per heavy atom. The molecule has 0 fully saturated rings. The van der Waals surface area contributed by atoms with Crippen LogP contribution < -0.4 is 0 Å². The van der Waals surface area contributed by atoms with Crippen molar-refractivity contribution in [1.82, 2.24) is 4.98 Å². The molecule has 1 aromatic carbocycles. The molecule has 1 aliphatic heterocycles. The number of H-pyrrole nitrogens is 1. The summed E-state index contributed by atoms with van der Waals surface area (Å²) in [5, 5.41) is 1.20. The van der Waals surface area contributed by atoms with Crippen LogP contribution >= 0.6 is 0 Å². The van der Waals surface area contributed by atoms with Gasteiger partial charge in [-0.2, -0.15) is 0 Å². The van der Waals surface area contributed by atoms with Gasteiger partial charge in [0.15, 0.2) is 0 Å². The molecule has 3 heteroatoms. The lowest BCUT2D eigenvalue weighted by molar-refractivity contribution is 1.29. The summed E-state index contributed by atoms with van der Waals surface area (Å²) in [4.78, 5) is 12.7. The molecular weight excluding hydrogens is 210 g/mol. The van der Waals surface area contributed by atoms with Crippen molar-refractivity contribution in [1.29, 1.82) is 0 Å². The first-order valence-corrected chi connectivity index (χ1v) is 5.84. The average Bonchev–Trinajstić information content (AvgIpc) is 2.55. The molecule has 0 saturated carbocycles. The number of hydrogen-bond acceptors (Lipinski definition) is 2. The number of benzene rings is 1. The molecule has 0 radical (unpaired) electrons. The van der Waals surface area contributed by atoms with Crippen molar-refractivity contribution < 1.29 is 0 Å². The first-order valence-electron chi connectivity index (χ1n) is 5.84. The maximum Gasteiger partial charge on any atom is 0.113 e. The molecule has 3 nitrogen and oxygen atoms in total. The van der Waals surface area contributed by atoms with E-state index in [1.807, 2.05) is 0 Å². The molecule has 1 N–H and O–H groups in total. The minimum atomic E-state index is 0.857. The van der Waals surface area contributed by atoms with Gasteiger partial charge in [-0.1, -0.05) is 6.07 Å². The van der Waals surface area contributed by atoms with Gasteiger partial charge >= 0.3 is 0 Å². The van der Waals surface area contributed by atoms with E-state index >= 15 is 0 Å². The van der Waals surface area contributed by atoms with E-state index in [1.165, 1.54) is 5.39 Å². The van der Waals surface area contributed by atoms with Crippen LogP contribution in [0.1, 0.15) is 26.0 Å². The number of aromatic nitrogens is 1. The van der Waals surface area contributed by atoms with Crippen molar-refractivity contribution in [2.45, 2.75) is 27.2 Å². The van der Waals surface area contributed by atoms with Crippen LogP contribution in [-0.4, -0.2) is 16.4 Å². The highest BCUT2D eigenvalue weighted by Crippen LogP contribution is 2.37. The first-order chi connectivity index (χ1) is 8.13. The van der Waals surface area contributed by atoms with Crippen LogP contribution in [-0.2, 0) is 0 Å². The fourth-order valence-electron chi connectivity index (χ4n) is 2.36. The van der Waals surface area contributed by atoms with E-state index in [4.69, 9.17) is 4.99 Å². The molecule has 2 heterocycles. The van der Waals surface area contributed by atoms with Crippen molar-refractivity contribution in [3.8, 4) is 0 Å². The van der Waals surface area contributed by atoms with Crippen LogP contribution in [0.2, 0.25) is 0 Å². The molecular formula is C14H15N3. The number of fused-ring (bicyclic) bond motifs is 3. The Balaban J connectivity index is 2.39. The van der Waals surface area contributed by atoms with Gasteiger partial charge in [-0.15, -0.1) is 0 Å².